The highest BCUT2D eigenvalue weighted by molar-refractivity contribution is 5.91. The smallest absolute Gasteiger partial charge is 0.343 e. The highest BCUT2D eigenvalue weighted by atomic mass is 16.6. The fourth-order valence-corrected chi connectivity index (χ4v) is 4.68. The van der Waals surface area contributed by atoms with E-state index in [1.165, 1.54) is 11.7 Å². The molecule has 4 heterocycles. The van der Waals surface area contributed by atoms with Gasteiger partial charge in [0.15, 0.2) is 5.60 Å². The Labute approximate surface area is 181 Å². The van der Waals surface area contributed by atoms with Crippen molar-refractivity contribution >= 4 is 22.8 Å². The molecule has 0 spiro atoms. The molecule has 2 aliphatic rings. The van der Waals surface area contributed by atoms with Gasteiger partial charge in [0, 0.05) is 16.5 Å². The second kappa shape index (κ2) is 6.89. The zero-order valence-electron chi connectivity index (χ0n) is 17.5. The number of hydrogen-bond donors (Lipinski definition) is 2. The molecule has 0 amide bonds. The molecule has 0 saturated carbocycles. The first-order valence-electron chi connectivity index (χ1n) is 10.2. The molecule has 1 aromatic carbocycles. The molecule has 2 aliphatic heterocycles. The lowest BCUT2D eigenvalue weighted by Gasteiger charge is -2.34. The van der Waals surface area contributed by atoms with Crippen LogP contribution in [0.3, 0.4) is 0 Å². The minimum atomic E-state index is -2.07. The maximum atomic E-state index is 13.4. The number of rotatable bonds is 3. The molecule has 1 atom stereocenters. The molecular weight excluding hydrogens is 416 g/mol. The van der Waals surface area contributed by atoms with Crippen LogP contribution in [0.4, 0.5) is 0 Å². The van der Waals surface area contributed by atoms with Gasteiger partial charge in [0.2, 0.25) is 0 Å². The third kappa shape index (κ3) is 2.61. The van der Waals surface area contributed by atoms with E-state index in [1.807, 2.05) is 0 Å². The molecule has 32 heavy (non-hydrogen) atoms. The molecule has 0 bridgehead atoms. The van der Waals surface area contributed by atoms with Gasteiger partial charge in [0.05, 0.1) is 42.5 Å². The van der Waals surface area contributed by atoms with Crippen LogP contribution in [0.1, 0.15) is 35.6 Å². The first-order valence-corrected chi connectivity index (χ1v) is 10.2. The van der Waals surface area contributed by atoms with Crippen LogP contribution in [0, 0.1) is 0 Å². The molecule has 2 N–H and O–H groups in total. The Morgan fingerprint density at radius 1 is 1.34 bits per heavy atom. The molecule has 0 saturated heterocycles. The number of esters is 2. The number of phenolic OH excluding ortho intramolecular Hbond substituents is 1. The Kier molecular flexibility index (Phi) is 4.35. The minimum absolute atomic E-state index is 0.0399. The fourth-order valence-electron chi connectivity index (χ4n) is 4.68. The van der Waals surface area contributed by atoms with Crippen LogP contribution < -0.4 is 5.56 Å². The van der Waals surface area contributed by atoms with Gasteiger partial charge in [-0.15, -0.1) is 0 Å². The number of phenols is 1. The Balaban J connectivity index is 1.89. The van der Waals surface area contributed by atoms with Crippen molar-refractivity contribution in [3.8, 4) is 17.1 Å². The van der Waals surface area contributed by atoms with Gasteiger partial charge in [0.25, 0.3) is 5.56 Å². The summed E-state index contributed by atoms with van der Waals surface area (Å²) in [5.41, 5.74) is 0.0744. The van der Waals surface area contributed by atoms with Crippen molar-refractivity contribution in [1.29, 1.82) is 0 Å². The van der Waals surface area contributed by atoms with Crippen LogP contribution in [-0.2, 0) is 44.2 Å². The van der Waals surface area contributed by atoms with Gasteiger partial charge in [-0.05, 0) is 30.2 Å². The summed E-state index contributed by atoms with van der Waals surface area (Å²) in [6, 6.07) is 6.70. The zero-order valence-corrected chi connectivity index (χ0v) is 17.5. The van der Waals surface area contributed by atoms with Gasteiger partial charge in [-0.2, -0.15) is 0 Å². The summed E-state index contributed by atoms with van der Waals surface area (Å²) in [5, 5.41) is 22.0. The number of methoxy groups -OCH3 is 1. The van der Waals surface area contributed by atoms with Crippen molar-refractivity contribution in [2.45, 2.75) is 38.5 Å². The van der Waals surface area contributed by atoms with Gasteiger partial charge >= 0.3 is 11.9 Å². The van der Waals surface area contributed by atoms with Gasteiger partial charge < -0.3 is 24.3 Å². The highest BCUT2D eigenvalue weighted by Crippen LogP contribution is 2.43. The Morgan fingerprint density at radius 2 is 2.12 bits per heavy atom. The normalized spacial score (nSPS) is 18.7. The van der Waals surface area contributed by atoms with E-state index in [9.17, 15) is 24.6 Å². The number of benzene rings is 1. The second-order valence-electron chi connectivity index (χ2n) is 7.95. The average Bonchev–Trinajstić information content (AvgIpc) is 3.16. The summed E-state index contributed by atoms with van der Waals surface area (Å²) in [4.78, 5) is 43.0. The molecule has 164 valence electrons. The van der Waals surface area contributed by atoms with Crippen molar-refractivity contribution in [3.05, 3.63) is 56.9 Å². The molecule has 3 aromatic rings. The molecule has 0 fully saturated rings. The van der Waals surface area contributed by atoms with E-state index in [0.29, 0.717) is 33.4 Å². The van der Waals surface area contributed by atoms with Crippen LogP contribution in [0.5, 0.6) is 5.75 Å². The summed E-state index contributed by atoms with van der Waals surface area (Å²) < 4.78 is 11.5. The number of cyclic esters (lactones) is 1. The number of hydrogen-bond acceptors (Lipinski definition) is 8. The lowest BCUT2D eigenvalue weighted by molar-refractivity contribution is -0.172. The van der Waals surface area contributed by atoms with Gasteiger partial charge in [-0.1, -0.05) is 13.0 Å². The monoisotopic (exact) mass is 436 g/mol. The standard InChI is InChI=1S/C23H20N2O7/c1-3-23(30)18-13(8-17(27)31-2)20-19-11(7-12-15(24-19)5-4-6-16(12)26)9-25(20)21(28)14(18)10-32-22(23)29/h4-7,26,30H,3,8-10H2,1-2H3/t23-/m0/s1. The number of fused-ring (bicyclic) bond motifs is 5. The van der Waals surface area contributed by atoms with E-state index >= 15 is 0 Å². The Hall–Kier alpha value is -3.72. The lowest BCUT2D eigenvalue weighted by Crippen LogP contribution is -2.46. The van der Waals surface area contributed by atoms with Crippen molar-refractivity contribution in [2.75, 3.05) is 7.11 Å². The van der Waals surface area contributed by atoms with Crippen molar-refractivity contribution < 1.29 is 29.3 Å². The summed E-state index contributed by atoms with van der Waals surface area (Å²) in [7, 11) is 1.24. The van der Waals surface area contributed by atoms with Gasteiger partial charge in [-0.3, -0.25) is 9.59 Å². The van der Waals surface area contributed by atoms with Crippen LogP contribution in [0.25, 0.3) is 22.3 Å². The zero-order chi connectivity index (χ0) is 22.8. The second-order valence-corrected chi connectivity index (χ2v) is 7.95. The summed E-state index contributed by atoms with van der Waals surface area (Å²) in [6.45, 7) is 1.47. The van der Waals surface area contributed by atoms with E-state index < -0.39 is 23.1 Å². The molecule has 0 aliphatic carbocycles. The quantitative estimate of drug-likeness (QED) is 0.463. The molecule has 5 rings (SSSR count). The lowest BCUT2D eigenvalue weighted by atomic mass is 9.81. The number of carbonyl (C=O) groups is 2. The fraction of sp³-hybridized carbons (Fsp3) is 0.304. The number of nitrogens with zero attached hydrogens (tertiary/aromatic N) is 2. The van der Waals surface area contributed by atoms with E-state index in [0.717, 1.165) is 0 Å². The molecule has 0 unspecified atom stereocenters. The predicted molar refractivity (Wildman–Crippen MR) is 112 cm³/mol. The Morgan fingerprint density at radius 3 is 2.84 bits per heavy atom. The van der Waals surface area contributed by atoms with E-state index in [2.05, 4.69) is 4.98 Å². The van der Waals surface area contributed by atoms with Crippen molar-refractivity contribution in [2.24, 2.45) is 0 Å². The highest BCUT2D eigenvalue weighted by Gasteiger charge is 2.48. The van der Waals surface area contributed by atoms with Crippen LogP contribution in [0.2, 0.25) is 0 Å². The SMILES string of the molecule is CC[C@@]1(O)C(=O)OCc2c1c(CC(=O)OC)c1n(c2=O)Cc2cc3c(O)cccc3nc2-1. The van der Waals surface area contributed by atoms with E-state index in [4.69, 9.17) is 9.47 Å². The van der Waals surface area contributed by atoms with Crippen LogP contribution in [-0.4, -0.2) is 38.8 Å². The molecule has 0 radical (unpaired) electrons. The van der Waals surface area contributed by atoms with Crippen molar-refractivity contribution in [1.82, 2.24) is 9.55 Å². The Bertz CT molecular complexity index is 1390. The maximum Gasteiger partial charge on any atom is 0.343 e. The first kappa shape index (κ1) is 20.2. The van der Waals surface area contributed by atoms with Crippen LogP contribution in [0.15, 0.2) is 29.1 Å². The number of aliphatic hydroxyl groups is 1. The van der Waals surface area contributed by atoms with E-state index in [1.54, 1.807) is 31.2 Å². The molecule has 9 nitrogen and oxygen atoms in total. The van der Waals surface area contributed by atoms with E-state index in [-0.39, 0.29) is 42.9 Å². The summed E-state index contributed by atoms with van der Waals surface area (Å²) in [6.07, 6.45) is -0.301. The molecule has 9 heteroatoms. The number of ether oxygens (including phenoxy) is 2. The maximum absolute atomic E-state index is 13.4. The average molecular weight is 436 g/mol. The predicted octanol–water partition coefficient (Wildman–Crippen LogP) is 1.50. The van der Waals surface area contributed by atoms with Gasteiger partial charge in [0.1, 0.15) is 12.4 Å². The number of pyridine rings is 2. The minimum Gasteiger partial charge on any atom is -0.507 e. The van der Waals surface area contributed by atoms with Crippen molar-refractivity contribution in [3.63, 3.8) is 0 Å². The molecule has 2 aromatic heterocycles. The number of carbonyl (C=O) groups excluding carboxylic acids is 2. The molecular formula is C23H20N2O7. The largest absolute Gasteiger partial charge is 0.507 e. The van der Waals surface area contributed by atoms with Gasteiger partial charge in [-0.25, -0.2) is 9.78 Å². The summed E-state index contributed by atoms with van der Waals surface area (Å²) in [5.74, 6) is -1.38. The summed E-state index contributed by atoms with van der Waals surface area (Å²) >= 11 is 0. The third-order valence-corrected chi connectivity index (χ3v) is 6.29. The number of aromatic hydroxyl groups is 1. The van der Waals surface area contributed by atoms with Crippen LogP contribution >= 0.6 is 0 Å². The first-order chi connectivity index (χ1) is 15.3. The third-order valence-electron chi connectivity index (χ3n) is 6.29. The number of aromatic nitrogens is 2. The topological polar surface area (TPSA) is 128 Å².